The van der Waals surface area contributed by atoms with Gasteiger partial charge in [-0.05, 0) is 0 Å². The molecule has 0 aliphatic rings. The molecule has 8 N–H and O–H groups in total. The molecule has 0 aliphatic heterocycles. The second kappa shape index (κ2) is 15.6. The zero-order chi connectivity index (χ0) is 14.7. The molecule has 0 aromatic carbocycles. The van der Waals surface area contributed by atoms with E-state index in [1.54, 1.807) is 0 Å². The topological polar surface area (TPSA) is 162 Å². The molecule has 0 saturated carbocycles. The molecular weight excluding hydrogens is 319 g/mol. The number of rotatable bonds is 8. The number of aliphatic hydroxyl groups excluding tert-OH is 8. The van der Waals surface area contributed by atoms with E-state index in [9.17, 15) is 0 Å². The fourth-order valence-electron chi connectivity index (χ4n) is 0.600. The highest BCUT2D eigenvalue weighted by molar-refractivity contribution is 4.75. The van der Waals surface area contributed by atoms with Crippen molar-refractivity contribution in [3.8, 4) is 0 Å². The summed E-state index contributed by atoms with van der Waals surface area (Å²) >= 11 is 0. The Labute approximate surface area is 130 Å². The van der Waals surface area contributed by atoms with Crippen molar-refractivity contribution < 1.29 is 65.7 Å². The Hall–Kier alpha value is 0.260. The van der Waals surface area contributed by atoms with Gasteiger partial charge in [0.2, 0.25) is 0 Å². The number of hydrogen-bond acceptors (Lipinski definition) is 8. The monoisotopic (exact) mass is 342 g/mol. The summed E-state index contributed by atoms with van der Waals surface area (Å²) in [5, 5.41) is 68.0. The summed E-state index contributed by atoms with van der Waals surface area (Å²) in [5.41, 5.74) is -2.22. The Morgan fingerprint density at radius 2 is 0.450 bits per heavy atom. The molecule has 0 spiro atoms. The summed E-state index contributed by atoms with van der Waals surface area (Å²) in [7, 11) is 0. The first kappa shape index (κ1) is 28.4. The van der Waals surface area contributed by atoms with Crippen LogP contribution < -0.4 is 24.8 Å². The average molecular weight is 343 g/mol. The van der Waals surface area contributed by atoms with Crippen molar-refractivity contribution >= 4 is 0 Å². The molecule has 0 atom stereocenters. The van der Waals surface area contributed by atoms with Gasteiger partial charge in [0.25, 0.3) is 0 Å². The molecule has 0 amide bonds. The Kier molecular flexibility index (Phi) is 22.2. The van der Waals surface area contributed by atoms with Crippen molar-refractivity contribution in [1.29, 1.82) is 0 Å². The van der Waals surface area contributed by atoms with Gasteiger partial charge < -0.3 is 65.7 Å². The van der Waals surface area contributed by atoms with Gasteiger partial charge >= 0.3 is 0 Å². The van der Waals surface area contributed by atoms with Gasteiger partial charge in [-0.1, -0.05) is 0 Å². The van der Waals surface area contributed by atoms with Gasteiger partial charge in [0.1, 0.15) is 0 Å². The molecule has 0 unspecified atom stereocenters. The van der Waals surface area contributed by atoms with Crippen LogP contribution in [0.5, 0.6) is 0 Å². The first-order chi connectivity index (χ1) is 8.49. The van der Waals surface area contributed by atoms with Gasteiger partial charge in [-0.15, -0.1) is 0 Å². The molecule has 0 bridgehead atoms. The van der Waals surface area contributed by atoms with Crippen molar-refractivity contribution in [1.82, 2.24) is 0 Å². The molecule has 0 rings (SSSR count). The maximum absolute atomic E-state index is 8.50. The van der Waals surface area contributed by atoms with Crippen LogP contribution in [-0.2, 0) is 0 Å². The van der Waals surface area contributed by atoms with Crippen LogP contribution in [0.15, 0.2) is 0 Å². The van der Waals surface area contributed by atoms with E-state index in [0.29, 0.717) is 0 Å². The minimum atomic E-state index is -1.11. The Balaban J connectivity index is -0.000000116. The fourth-order valence-corrected chi connectivity index (χ4v) is 0.600. The molecule has 10 heteroatoms. The highest BCUT2D eigenvalue weighted by Crippen LogP contribution is 2.12. The normalized spacial score (nSPS) is 10.8. The lowest BCUT2D eigenvalue weighted by Gasteiger charge is -2.23. The minimum absolute atomic E-state index is 0. The van der Waals surface area contributed by atoms with E-state index in [1.807, 2.05) is 0 Å². The van der Waals surface area contributed by atoms with Crippen LogP contribution in [0.3, 0.4) is 0 Å². The molecule has 0 aliphatic carbocycles. The zero-order valence-electron chi connectivity index (χ0n) is 11.0. The van der Waals surface area contributed by atoms with Gasteiger partial charge in [0.15, 0.2) is 0 Å². The van der Waals surface area contributed by atoms with Crippen LogP contribution in [0.25, 0.3) is 0 Å². The third-order valence-electron chi connectivity index (χ3n) is 2.68. The van der Waals surface area contributed by atoms with E-state index < -0.39 is 63.7 Å². The molecule has 128 valence electrons. The number of hydrogen-bond donors (Lipinski definition) is 8. The van der Waals surface area contributed by atoms with Crippen LogP contribution in [0.1, 0.15) is 0 Å². The predicted octanol–water partition coefficient (Wildman–Crippen LogP) is -10.1. The number of halogens is 2. The maximum Gasteiger partial charge on any atom is 0.0627 e. The van der Waals surface area contributed by atoms with Gasteiger partial charge in [-0.25, -0.2) is 0 Å². The van der Waals surface area contributed by atoms with Gasteiger partial charge in [0.05, 0.1) is 63.7 Å². The third-order valence-corrected chi connectivity index (χ3v) is 2.68. The van der Waals surface area contributed by atoms with Gasteiger partial charge in [-0.3, -0.25) is 0 Å². The van der Waals surface area contributed by atoms with Crippen LogP contribution in [0, 0.1) is 10.8 Å². The molecule has 0 fully saturated rings. The van der Waals surface area contributed by atoms with Crippen molar-refractivity contribution in [2.45, 2.75) is 0 Å². The molecule has 0 aromatic heterocycles. The molecule has 0 radical (unpaired) electrons. The lowest BCUT2D eigenvalue weighted by atomic mass is 9.93. The largest absolute Gasteiger partial charge is 1.00 e. The first-order valence-electron chi connectivity index (χ1n) is 5.36. The van der Waals surface area contributed by atoms with Crippen molar-refractivity contribution in [3.63, 3.8) is 0 Å². The van der Waals surface area contributed by atoms with E-state index >= 15 is 0 Å². The SMILES string of the molecule is OCC(CO)(CO)CO.OCC(CO)(CO)CO.[Cl-].[Cl-]. The van der Waals surface area contributed by atoms with Crippen LogP contribution in [0.4, 0.5) is 0 Å². The molecular formula is C10H24Cl2O8-2. The zero-order valence-corrected chi connectivity index (χ0v) is 12.5. The summed E-state index contributed by atoms with van der Waals surface area (Å²) in [6.07, 6.45) is 0. The van der Waals surface area contributed by atoms with Gasteiger partial charge in [-0.2, -0.15) is 0 Å². The van der Waals surface area contributed by atoms with Crippen LogP contribution in [0.2, 0.25) is 0 Å². The Bertz CT molecular complexity index is 133. The molecule has 0 saturated heterocycles. The summed E-state index contributed by atoms with van der Waals surface area (Å²) < 4.78 is 0. The molecule has 0 aromatic rings. The van der Waals surface area contributed by atoms with Gasteiger partial charge in [0, 0.05) is 0 Å². The third kappa shape index (κ3) is 9.24. The first-order valence-corrected chi connectivity index (χ1v) is 5.36. The summed E-state index contributed by atoms with van der Waals surface area (Å²) in [4.78, 5) is 0. The maximum atomic E-state index is 8.50. The summed E-state index contributed by atoms with van der Waals surface area (Å²) in [6.45, 7) is -3.25. The second-order valence-electron chi connectivity index (χ2n) is 4.26. The van der Waals surface area contributed by atoms with E-state index in [2.05, 4.69) is 0 Å². The van der Waals surface area contributed by atoms with Crippen molar-refractivity contribution in [2.75, 3.05) is 52.9 Å². The standard InChI is InChI=1S/2C5H12O4.2ClH/c2*6-1-5(2-7,3-8)4-9;;/h2*6-9H,1-4H2;2*1H/p-2. The molecule has 20 heavy (non-hydrogen) atoms. The molecule has 8 nitrogen and oxygen atoms in total. The van der Waals surface area contributed by atoms with Crippen molar-refractivity contribution in [3.05, 3.63) is 0 Å². The second-order valence-corrected chi connectivity index (χ2v) is 4.26. The van der Waals surface area contributed by atoms with E-state index in [1.165, 1.54) is 0 Å². The Morgan fingerprint density at radius 1 is 0.350 bits per heavy atom. The lowest BCUT2D eigenvalue weighted by molar-refractivity contribution is -0.0332. The predicted molar refractivity (Wildman–Crippen MR) is 61.6 cm³/mol. The molecule has 0 heterocycles. The van der Waals surface area contributed by atoms with Crippen LogP contribution in [-0.4, -0.2) is 93.7 Å². The summed E-state index contributed by atoms with van der Waals surface area (Å²) in [5.74, 6) is 0. The minimum Gasteiger partial charge on any atom is -1.00 e. The lowest BCUT2D eigenvalue weighted by Crippen LogP contribution is -3.00. The Morgan fingerprint density at radius 3 is 0.450 bits per heavy atom. The fraction of sp³-hybridized carbons (Fsp3) is 1.00. The van der Waals surface area contributed by atoms with E-state index in [0.717, 1.165) is 0 Å². The quantitative estimate of drug-likeness (QED) is 0.215. The average Bonchev–Trinajstić information content (AvgIpc) is 2.46. The number of aliphatic hydroxyl groups is 8. The smallest absolute Gasteiger partial charge is 0.0627 e. The van der Waals surface area contributed by atoms with Crippen LogP contribution >= 0.6 is 0 Å². The summed E-state index contributed by atoms with van der Waals surface area (Å²) in [6, 6.07) is 0. The van der Waals surface area contributed by atoms with Crippen molar-refractivity contribution in [2.24, 2.45) is 10.8 Å². The van der Waals surface area contributed by atoms with E-state index in [4.69, 9.17) is 40.9 Å². The van der Waals surface area contributed by atoms with E-state index in [-0.39, 0.29) is 24.8 Å². The highest BCUT2D eigenvalue weighted by Gasteiger charge is 2.27. The highest BCUT2D eigenvalue weighted by atomic mass is 35.5.